The Balaban J connectivity index is 2.49. The zero-order chi connectivity index (χ0) is 15.0. The van der Waals surface area contributed by atoms with Crippen molar-refractivity contribution < 1.29 is 18.4 Å². The summed E-state index contributed by atoms with van der Waals surface area (Å²) in [6.45, 7) is 1.95. The average Bonchev–Trinajstić information content (AvgIpc) is 2.42. The van der Waals surface area contributed by atoms with Crippen molar-refractivity contribution in [2.75, 3.05) is 19.8 Å². The molecule has 1 aromatic carbocycles. The second kappa shape index (κ2) is 8.55. The first kappa shape index (κ1) is 16.5. The molecule has 0 saturated heterocycles. The van der Waals surface area contributed by atoms with Gasteiger partial charge < -0.3 is 10.1 Å². The number of rotatable bonds is 9. The largest absolute Gasteiger partial charge is 0.374 e. The summed E-state index contributed by atoms with van der Waals surface area (Å²) in [5, 5.41) is 13.9. The first-order chi connectivity index (χ1) is 9.54. The van der Waals surface area contributed by atoms with Gasteiger partial charge in [0.2, 0.25) is 0 Å². The summed E-state index contributed by atoms with van der Waals surface area (Å²) in [6.07, 6.45) is -1.73. The van der Waals surface area contributed by atoms with E-state index in [1.54, 1.807) is 12.1 Å². The molecule has 0 fully saturated rings. The highest BCUT2D eigenvalue weighted by atomic mass is 19.3. The van der Waals surface area contributed by atoms with Crippen molar-refractivity contribution in [3.8, 4) is 0 Å². The molecule has 1 atom stereocenters. The summed E-state index contributed by atoms with van der Waals surface area (Å²) in [6, 6.07) is 6.31. The van der Waals surface area contributed by atoms with Gasteiger partial charge in [0.1, 0.15) is 6.61 Å². The SMILES string of the molecule is CCC(NCCOCC(F)F)c1cccc([N+](=O)[O-])c1. The van der Waals surface area contributed by atoms with E-state index >= 15 is 0 Å². The Morgan fingerprint density at radius 1 is 1.45 bits per heavy atom. The molecule has 112 valence electrons. The minimum Gasteiger partial charge on any atom is -0.374 e. The quantitative estimate of drug-likeness (QED) is 0.431. The molecule has 7 heteroatoms. The fraction of sp³-hybridized carbons (Fsp3) is 0.538. The van der Waals surface area contributed by atoms with Crippen molar-refractivity contribution in [1.29, 1.82) is 0 Å². The van der Waals surface area contributed by atoms with E-state index in [0.29, 0.717) is 6.54 Å². The maximum Gasteiger partial charge on any atom is 0.269 e. The third kappa shape index (κ3) is 5.58. The third-order valence-corrected chi connectivity index (χ3v) is 2.77. The maximum absolute atomic E-state index is 11.9. The van der Waals surface area contributed by atoms with Crippen LogP contribution in [0, 0.1) is 10.1 Å². The summed E-state index contributed by atoms with van der Waals surface area (Å²) in [5.41, 5.74) is 0.840. The molecule has 0 aliphatic carbocycles. The molecule has 1 rings (SSSR count). The Bertz CT molecular complexity index is 430. The summed E-state index contributed by atoms with van der Waals surface area (Å²) < 4.78 is 28.5. The van der Waals surface area contributed by atoms with Crippen LogP contribution in [0.4, 0.5) is 14.5 Å². The molecule has 1 N–H and O–H groups in total. The van der Waals surface area contributed by atoms with Gasteiger partial charge in [0.25, 0.3) is 12.1 Å². The molecule has 0 aliphatic rings. The number of nitro groups is 1. The Hall–Kier alpha value is -1.60. The first-order valence-electron chi connectivity index (χ1n) is 6.38. The molecule has 0 spiro atoms. The van der Waals surface area contributed by atoms with Crippen molar-refractivity contribution >= 4 is 5.69 Å². The summed E-state index contributed by atoms with van der Waals surface area (Å²) in [7, 11) is 0. The molecule has 0 heterocycles. The lowest BCUT2D eigenvalue weighted by Gasteiger charge is -2.17. The van der Waals surface area contributed by atoms with E-state index < -0.39 is 18.0 Å². The Morgan fingerprint density at radius 3 is 2.80 bits per heavy atom. The van der Waals surface area contributed by atoms with E-state index in [4.69, 9.17) is 4.74 Å². The van der Waals surface area contributed by atoms with Crippen LogP contribution in [0.1, 0.15) is 24.9 Å². The van der Waals surface area contributed by atoms with Crippen LogP contribution in [0.3, 0.4) is 0 Å². The van der Waals surface area contributed by atoms with Crippen molar-refractivity contribution in [2.45, 2.75) is 25.8 Å². The zero-order valence-corrected chi connectivity index (χ0v) is 11.2. The summed E-state index contributed by atoms with van der Waals surface area (Å²) >= 11 is 0. The van der Waals surface area contributed by atoms with Gasteiger partial charge in [-0.3, -0.25) is 10.1 Å². The van der Waals surface area contributed by atoms with Crippen LogP contribution in [-0.2, 0) is 4.74 Å². The highest BCUT2D eigenvalue weighted by Crippen LogP contribution is 2.21. The normalized spacial score (nSPS) is 12.6. The van der Waals surface area contributed by atoms with E-state index in [0.717, 1.165) is 12.0 Å². The predicted molar refractivity (Wildman–Crippen MR) is 71.0 cm³/mol. The van der Waals surface area contributed by atoms with E-state index in [9.17, 15) is 18.9 Å². The molecule has 5 nitrogen and oxygen atoms in total. The fourth-order valence-electron chi connectivity index (χ4n) is 1.83. The molecular formula is C13H18F2N2O3. The number of non-ortho nitro benzene ring substituents is 1. The van der Waals surface area contributed by atoms with Crippen LogP contribution >= 0.6 is 0 Å². The van der Waals surface area contributed by atoms with Crippen LogP contribution < -0.4 is 5.32 Å². The van der Waals surface area contributed by atoms with Crippen molar-refractivity contribution in [1.82, 2.24) is 5.32 Å². The van der Waals surface area contributed by atoms with E-state index in [1.807, 2.05) is 6.92 Å². The van der Waals surface area contributed by atoms with Crippen LogP contribution in [-0.4, -0.2) is 31.1 Å². The number of benzene rings is 1. The molecule has 0 aliphatic heterocycles. The predicted octanol–water partition coefficient (Wildman–Crippen LogP) is 2.92. The van der Waals surface area contributed by atoms with Gasteiger partial charge in [-0.05, 0) is 12.0 Å². The zero-order valence-electron chi connectivity index (χ0n) is 11.2. The number of nitrogens with one attached hydrogen (secondary N) is 1. The van der Waals surface area contributed by atoms with E-state index in [2.05, 4.69) is 5.32 Å². The minimum atomic E-state index is -2.46. The van der Waals surface area contributed by atoms with Gasteiger partial charge in [-0.25, -0.2) is 8.78 Å². The number of nitro benzene ring substituents is 1. The Kier molecular flexibility index (Phi) is 7.03. The van der Waals surface area contributed by atoms with Crippen LogP contribution in [0.2, 0.25) is 0 Å². The first-order valence-corrected chi connectivity index (χ1v) is 6.38. The van der Waals surface area contributed by atoms with Crippen molar-refractivity contribution in [3.05, 3.63) is 39.9 Å². The Morgan fingerprint density at radius 2 is 2.20 bits per heavy atom. The standard InChI is InChI=1S/C13H18F2N2O3/c1-2-12(16-6-7-20-9-13(14)15)10-4-3-5-11(8-10)17(18)19/h3-5,8,12-13,16H,2,6-7,9H2,1H3. The highest BCUT2D eigenvalue weighted by Gasteiger charge is 2.12. The topological polar surface area (TPSA) is 64.4 Å². The molecule has 20 heavy (non-hydrogen) atoms. The number of hydrogen-bond donors (Lipinski definition) is 1. The van der Waals surface area contributed by atoms with Gasteiger partial charge in [-0.2, -0.15) is 0 Å². The van der Waals surface area contributed by atoms with Gasteiger partial charge in [0.05, 0.1) is 11.5 Å². The third-order valence-electron chi connectivity index (χ3n) is 2.77. The molecule has 1 unspecified atom stereocenters. The maximum atomic E-state index is 11.9. The van der Waals surface area contributed by atoms with Gasteiger partial charge in [-0.15, -0.1) is 0 Å². The smallest absolute Gasteiger partial charge is 0.269 e. The lowest BCUT2D eigenvalue weighted by Crippen LogP contribution is -2.25. The molecular weight excluding hydrogens is 270 g/mol. The molecule has 0 saturated carbocycles. The second-order valence-corrected chi connectivity index (χ2v) is 4.23. The average molecular weight is 288 g/mol. The highest BCUT2D eigenvalue weighted by molar-refractivity contribution is 5.35. The lowest BCUT2D eigenvalue weighted by molar-refractivity contribution is -0.384. The molecule has 0 bridgehead atoms. The van der Waals surface area contributed by atoms with Crippen molar-refractivity contribution in [2.24, 2.45) is 0 Å². The van der Waals surface area contributed by atoms with E-state index in [-0.39, 0.29) is 18.3 Å². The van der Waals surface area contributed by atoms with Crippen LogP contribution in [0.15, 0.2) is 24.3 Å². The Labute approximate surface area is 116 Å². The molecule has 1 aromatic rings. The number of ether oxygens (including phenoxy) is 1. The van der Waals surface area contributed by atoms with Gasteiger partial charge in [0.15, 0.2) is 0 Å². The van der Waals surface area contributed by atoms with Crippen molar-refractivity contribution in [3.63, 3.8) is 0 Å². The number of alkyl halides is 2. The number of nitrogens with zero attached hydrogens (tertiary/aromatic N) is 1. The molecule has 0 radical (unpaired) electrons. The summed E-state index contributed by atoms with van der Waals surface area (Å²) in [4.78, 5) is 10.3. The minimum absolute atomic E-state index is 0.0386. The second-order valence-electron chi connectivity index (χ2n) is 4.23. The number of halogens is 2. The monoisotopic (exact) mass is 288 g/mol. The van der Waals surface area contributed by atoms with Gasteiger partial charge in [-0.1, -0.05) is 19.1 Å². The van der Waals surface area contributed by atoms with Gasteiger partial charge >= 0.3 is 0 Å². The summed E-state index contributed by atoms with van der Waals surface area (Å²) in [5.74, 6) is 0. The lowest BCUT2D eigenvalue weighted by atomic mass is 10.0. The van der Waals surface area contributed by atoms with Gasteiger partial charge in [0, 0.05) is 24.7 Å². The molecule has 0 aromatic heterocycles. The molecule has 0 amide bonds. The number of hydrogen-bond acceptors (Lipinski definition) is 4. The van der Waals surface area contributed by atoms with Crippen LogP contribution in [0.25, 0.3) is 0 Å². The fourth-order valence-corrected chi connectivity index (χ4v) is 1.83. The van der Waals surface area contributed by atoms with E-state index in [1.165, 1.54) is 12.1 Å². The van der Waals surface area contributed by atoms with Crippen LogP contribution in [0.5, 0.6) is 0 Å².